The molecule has 3 nitrogen and oxygen atoms in total. The Hall–Kier alpha value is -2.73. The second-order valence-electron chi connectivity index (χ2n) is 5.89. The molecule has 0 unspecified atom stereocenters. The highest BCUT2D eigenvalue weighted by Crippen LogP contribution is 2.32. The third-order valence-corrected chi connectivity index (χ3v) is 4.99. The monoisotopic (exact) mass is 371 g/mol. The number of thiazole rings is 1. The molecule has 2 aromatic heterocycles. The number of benzene rings is 1. The van der Waals surface area contributed by atoms with Crippen molar-refractivity contribution in [1.82, 2.24) is 4.98 Å². The molecule has 4 rings (SSSR count). The van der Waals surface area contributed by atoms with Crippen LogP contribution in [0.3, 0.4) is 0 Å². The maximum absolute atomic E-state index is 13.9. The number of ether oxygens (including phenoxy) is 1. The number of allylic oxidation sites excluding steroid dienone is 5. The lowest BCUT2D eigenvalue weighted by Gasteiger charge is -2.05. The van der Waals surface area contributed by atoms with E-state index < -0.39 is 11.6 Å². The molecule has 0 spiro atoms. The third kappa shape index (κ3) is 3.20. The van der Waals surface area contributed by atoms with Gasteiger partial charge in [0, 0.05) is 16.6 Å². The Kier molecular flexibility index (Phi) is 4.42. The minimum Gasteiger partial charge on any atom is -0.487 e. The number of nitrogens with zero attached hydrogens (tertiary/aromatic N) is 1. The maximum atomic E-state index is 13.9. The zero-order valence-corrected chi connectivity index (χ0v) is 14.8. The van der Waals surface area contributed by atoms with Gasteiger partial charge in [-0.05, 0) is 43.2 Å². The van der Waals surface area contributed by atoms with Crippen molar-refractivity contribution in [3.8, 4) is 0 Å². The molecule has 0 saturated carbocycles. The first-order valence-electron chi connectivity index (χ1n) is 8.09. The van der Waals surface area contributed by atoms with Crippen molar-refractivity contribution in [2.24, 2.45) is 0 Å². The van der Waals surface area contributed by atoms with Crippen LogP contribution in [0.5, 0.6) is 0 Å². The normalized spacial score (nSPS) is 14.3. The van der Waals surface area contributed by atoms with Gasteiger partial charge >= 0.3 is 0 Å². The SMILES string of the molecule is Cc1csc(COC2=CCC=C(c3cc(F)c(F)c4ccoc34)C=C2)n1. The summed E-state index contributed by atoms with van der Waals surface area (Å²) in [7, 11) is 0. The molecule has 1 aromatic carbocycles. The number of aromatic nitrogens is 1. The number of halogens is 2. The fraction of sp³-hybridized carbons (Fsp3) is 0.150. The van der Waals surface area contributed by atoms with E-state index in [4.69, 9.17) is 9.15 Å². The lowest BCUT2D eigenvalue weighted by Crippen LogP contribution is -1.92. The molecule has 3 aromatic rings. The first-order valence-corrected chi connectivity index (χ1v) is 8.97. The Morgan fingerprint density at radius 1 is 1.27 bits per heavy atom. The number of rotatable bonds is 4. The molecule has 0 amide bonds. The van der Waals surface area contributed by atoms with Crippen LogP contribution in [0.4, 0.5) is 8.78 Å². The number of hydrogen-bond acceptors (Lipinski definition) is 4. The van der Waals surface area contributed by atoms with Crippen molar-refractivity contribution in [1.29, 1.82) is 0 Å². The molecule has 1 aliphatic carbocycles. The van der Waals surface area contributed by atoms with E-state index in [-0.39, 0.29) is 5.39 Å². The molecular weight excluding hydrogens is 356 g/mol. The lowest BCUT2D eigenvalue weighted by molar-refractivity contribution is 0.210. The van der Waals surface area contributed by atoms with Gasteiger partial charge < -0.3 is 9.15 Å². The predicted octanol–water partition coefficient (Wildman–Crippen LogP) is 5.92. The van der Waals surface area contributed by atoms with Crippen LogP contribution in [0.25, 0.3) is 16.5 Å². The average molecular weight is 371 g/mol. The number of aryl methyl sites for hydroxylation is 1. The van der Waals surface area contributed by atoms with Gasteiger partial charge in [0.2, 0.25) is 0 Å². The largest absolute Gasteiger partial charge is 0.487 e. The third-order valence-electron chi connectivity index (χ3n) is 4.05. The zero-order valence-electron chi connectivity index (χ0n) is 14.0. The highest BCUT2D eigenvalue weighted by atomic mass is 32.1. The Morgan fingerprint density at radius 3 is 2.96 bits per heavy atom. The Morgan fingerprint density at radius 2 is 2.15 bits per heavy atom. The van der Waals surface area contributed by atoms with Crippen molar-refractivity contribution in [3.63, 3.8) is 0 Å². The quantitative estimate of drug-likeness (QED) is 0.571. The molecule has 0 aliphatic heterocycles. The molecule has 0 fully saturated rings. The van der Waals surface area contributed by atoms with E-state index in [2.05, 4.69) is 4.98 Å². The van der Waals surface area contributed by atoms with Gasteiger partial charge in [-0.25, -0.2) is 13.8 Å². The highest BCUT2D eigenvalue weighted by Gasteiger charge is 2.17. The fourth-order valence-corrected chi connectivity index (χ4v) is 3.50. The highest BCUT2D eigenvalue weighted by molar-refractivity contribution is 7.09. The van der Waals surface area contributed by atoms with E-state index in [1.165, 1.54) is 18.4 Å². The zero-order chi connectivity index (χ0) is 18.1. The minimum absolute atomic E-state index is 0.141. The summed E-state index contributed by atoms with van der Waals surface area (Å²) in [6, 6.07) is 2.60. The van der Waals surface area contributed by atoms with Crippen molar-refractivity contribution >= 4 is 27.9 Å². The summed E-state index contributed by atoms with van der Waals surface area (Å²) >= 11 is 1.56. The summed E-state index contributed by atoms with van der Waals surface area (Å²) in [5.41, 5.74) is 2.58. The van der Waals surface area contributed by atoms with Crippen molar-refractivity contribution in [2.75, 3.05) is 0 Å². The molecule has 0 saturated heterocycles. The average Bonchev–Trinajstić information content (AvgIpc) is 3.21. The van der Waals surface area contributed by atoms with E-state index in [1.54, 1.807) is 11.3 Å². The Labute approximate surface area is 152 Å². The summed E-state index contributed by atoms with van der Waals surface area (Å²) in [5, 5.41) is 3.03. The van der Waals surface area contributed by atoms with E-state index in [0.29, 0.717) is 29.9 Å². The van der Waals surface area contributed by atoms with Crippen LogP contribution < -0.4 is 0 Å². The number of fused-ring (bicyclic) bond motifs is 1. The first-order chi connectivity index (χ1) is 12.6. The summed E-state index contributed by atoms with van der Waals surface area (Å²) in [6.45, 7) is 2.34. The Balaban J connectivity index is 1.56. The van der Waals surface area contributed by atoms with E-state index in [1.807, 2.05) is 36.6 Å². The van der Waals surface area contributed by atoms with Gasteiger partial charge in [0.05, 0.1) is 11.6 Å². The van der Waals surface area contributed by atoms with Crippen LogP contribution in [0.15, 0.2) is 58.3 Å². The second-order valence-corrected chi connectivity index (χ2v) is 6.83. The maximum Gasteiger partial charge on any atom is 0.169 e. The molecule has 26 heavy (non-hydrogen) atoms. The predicted molar refractivity (Wildman–Crippen MR) is 97.6 cm³/mol. The van der Waals surface area contributed by atoms with E-state index in [9.17, 15) is 8.78 Å². The summed E-state index contributed by atoms with van der Waals surface area (Å²) in [6.07, 6.45) is 9.46. The lowest BCUT2D eigenvalue weighted by atomic mass is 10.0. The van der Waals surface area contributed by atoms with Gasteiger partial charge in [-0.15, -0.1) is 11.3 Å². The first kappa shape index (κ1) is 16.7. The molecule has 0 radical (unpaired) electrons. The van der Waals surface area contributed by atoms with Crippen LogP contribution in [0.1, 0.15) is 22.7 Å². The van der Waals surface area contributed by atoms with Crippen molar-refractivity contribution in [2.45, 2.75) is 20.0 Å². The van der Waals surface area contributed by atoms with Gasteiger partial charge in [-0.2, -0.15) is 0 Å². The molecular formula is C20H15F2NO2S. The van der Waals surface area contributed by atoms with Crippen LogP contribution >= 0.6 is 11.3 Å². The Bertz CT molecular complexity index is 1060. The van der Waals surface area contributed by atoms with Crippen molar-refractivity contribution in [3.05, 3.63) is 81.7 Å². The molecule has 132 valence electrons. The summed E-state index contributed by atoms with van der Waals surface area (Å²) in [4.78, 5) is 4.37. The van der Waals surface area contributed by atoms with Gasteiger partial charge in [0.25, 0.3) is 0 Å². The van der Waals surface area contributed by atoms with Crippen LogP contribution in [-0.4, -0.2) is 4.98 Å². The molecule has 0 bridgehead atoms. The topological polar surface area (TPSA) is 35.3 Å². The number of furan rings is 1. The molecule has 0 N–H and O–H groups in total. The van der Waals surface area contributed by atoms with Crippen molar-refractivity contribution < 1.29 is 17.9 Å². The van der Waals surface area contributed by atoms with Gasteiger partial charge in [-0.1, -0.05) is 12.2 Å². The van der Waals surface area contributed by atoms with Gasteiger partial charge in [-0.3, -0.25) is 0 Å². The standard InChI is InChI=1S/C20H15F2NO2S/c1-12-11-26-18(23-12)10-25-14-4-2-3-13(5-6-14)16-9-17(21)19(22)15-7-8-24-20(15)16/h3-9,11H,2,10H2,1H3. The smallest absolute Gasteiger partial charge is 0.169 e. The van der Waals surface area contributed by atoms with Gasteiger partial charge in [0.1, 0.15) is 23.0 Å². The van der Waals surface area contributed by atoms with Gasteiger partial charge in [0.15, 0.2) is 11.6 Å². The number of hydrogen-bond donors (Lipinski definition) is 0. The molecule has 2 heterocycles. The summed E-state index contributed by atoms with van der Waals surface area (Å²) in [5.74, 6) is -1.07. The van der Waals surface area contributed by atoms with E-state index >= 15 is 0 Å². The summed E-state index contributed by atoms with van der Waals surface area (Å²) < 4.78 is 39.0. The molecule has 6 heteroatoms. The molecule has 0 atom stereocenters. The van der Waals surface area contributed by atoms with Crippen LogP contribution in [-0.2, 0) is 11.3 Å². The molecule has 1 aliphatic rings. The van der Waals surface area contributed by atoms with Crippen LogP contribution in [0, 0.1) is 18.6 Å². The van der Waals surface area contributed by atoms with Crippen LogP contribution in [0.2, 0.25) is 0 Å². The minimum atomic E-state index is -0.893. The second kappa shape index (κ2) is 6.88. The van der Waals surface area contributed by atoms with E-state index in [0.717, 1.165) is 16.3 Å². The fourth-order valence-electron chi connectivity index (χ4n) is 2.82.